The zero-order valence-electron chi connectivity index (χ0n) is 25.4. The van der Waals surface area contributed by atoms with E-state index < -0.39 is 16.4 Å². The number of fused-ring (bicyclic) bond motifs is 1. The lowest BCUT2D eigenvalue weighted by molar-refractivity contribution is -0.118. The Labute approximate surface area is 220 Å². The average molecular weight is 519 g/mol. The van der Waals surface area contributed by atoms with Crippen molar-refractivity contribution < 1.29 is 9.22 Å². The molecule has 202 valence electrons. The van der Waals surface area contributed by atoms with Crippen molar-refractivity contribution in [2.75, 3.05) is 0 Å². The van der Waals surface area contributed by atoms with E-state index in [-0.39, 0.29) is 17.1 Å². The SMILES string of the molecule is C=C1C[C@H]2[C@H](C=C[C@H](C[C@H](C)CCCC)[Si](C)(C)C(C)(C)C)[C@H](O[Si](C)(C)C(C)(C)C)C[C@@H]2C1=O. The van der Waals surface area contributed by atoms with Crippen LogP contribution in [0.15, 0.2) is 24.3 Å². The van der Waals surface area contributed by atoms with Crippen molar-refractivity contribution in [2.45, 2.75) is 142 Å². The van der Waals surface area contributed by atoms with Gasteiger partial charge in [-0.25, -0.2) is 0 Å². The van der Waals surface area contributed by atoms with E-state index in [1.807, 2.05) is 0 Å². The van der Waals surface area contributed by atoms with Gasteiger partial charge in [0.1, 0.15) is 0 Å². The molecule has 35 heavy (non-hydrogen) atoms. The standard InChI is InChI=1S/C31H58O2Si2/c1-14-15-16-22(2)19-24(34(10,11)30(4,5)6)17-18-25-26-20-23(3)29(32)27(26)21-28(25)33-35(12,13)31(7,8)9/h17-18,22,24-28H,3,14-16,19-21H2,1-2,4-13H3/t22-,24-,25+,26+,27+,28-/m1/s1. The summed E-state index contributed by atoms with van der Waals surface area (Å²) in [5.74, 6) is 1.88. The maximum atomic E-state index is 13.0. The molecule has 0 bridgehead atoms. The molecule has 6 atom stereocenters. The van der Waals surface area contributed by atoms with Crippen LogP contribution in [0.3, 0.4) is 0 Å². The number of unbranched alkanes of at least 4 members (excludes halogenated alkanes) is 1. The third-order valence-corrected chi connectivity index (χ3v) is 21.1. The first kappa shape index (κ1) is 30.8. The van der Waals surface area contributed by atoms with E-state index in [0.29, 0.717) is 28.2 Å². The average Bonchev–Trinajstić information content (AvgIpc) is 3.16. The Balaban J connectivity index is 2.39. The Kier molecular flexibility index (Phi) is 9.77. The van der Waals surface area contributed by atoms with Gasteiger partial charge in [0.25, 0.3) is 0 Å². The molecule has 0 unspecified atom stereocenters. The number of hydrogen-bond donors (Lipinski definition) is 0. The molecule has 0 aromatic carbocycles. The van der Waals surface area contributed by atoms with E-state index >= 15 is 0 Å². The van der Waals surface area contributed by atoms with Gasteiger partial charge in [-0.2, -0.15) is 0 Å². The van der Waals surface area contributed by atoms with Crippen LogP contribution in [0.2, 0.25) is 41.8 Å². The summed E-state index contributed by atoms with van der Waals surface area (Å²) in [6.45, 7) is 33.1. The van der Waals surface area contributed by atoms with E-state index in [1.165, 1.54) is 25.7 Å². The number of hydrogen-bond acceptors (Lipinski definition) is 2. The van der Waals surface area contributed by atoms with Crippen LogP contribution < -0.4 is 0 Å². The van der Waals surface area contributed by atoms with E-state index in [2.05, 4.69) is 100 Å². The summed E-state index contributed by atoms with van der Waals surface area (Å²) in [5.41, 5.74) is 1.49. The molecule has 0 aliphatic heterocycles. The summed E-state index contributed by atoms with van der Waals surface area (Å²) >= 11 is 0. The van der Waals surface area contributed by atoms with Crippen LogP contribution in [0.1, 0.15) is 93.9 Å². The molecular formula is C31H58O2Si2. The monoisotopic (exact) mass is 518 g/mol. The normalized spacial score (nSPS) is 28.1. The second kappa shape index (κ2) is 11.1. The summed E-state index contributed by atoms with van der Waals surface area (Å²) in [6.07, 6.45) is 12.3. The Bertz CT molecular complexity index is 781. The van der Waals surface area contributed by atoms with Gasteiger partial charge in [0.05, 0.1) is 14.2 Å². The Hall–Kier alpha value is -0.456. The summed E-state index contributed by atoms with van der Waals surface area (Å²) < 4.78 is 7.03. The van der Waals surface area contributed by atoms with Gasteiger partial charge in [0, 0.05) is 11.8 Å². The molecule has 4 heteroatoms. The maximum Gasteiger partial charge on any atom is 0.192 e. The molecule has 2 aliphatic carbocycles. The first-order chi connectivity index (χ1) is 15.8. The van der Waals surface area contributed by atoms with E-state index in [1.54, 1.807) is 0 Å². The topological polar surface area (TPSA) is 26.3 Å². The third-order valence-electron chi connectivity index (χ3n) is 10.5. The summed E-state index contributed by atoms with van der Waals surface area (Å²) in [5, 5.41) is 0.518. The fourth-order valence-electron chi connectivity index (χ4n) is 5.84. The molecule has 0 amide bonds. The first-order valence-corrected chi connectivity index (χ1v) is 20.4. The van der Waals surface area contributed by atoms with Gasteiger partial charge in [0.15, 0.2) is 14.1 Å². The highest BCUT2D eigenvalue weighted by Gasteiger charge is 2.53. The van der Waals surface area contributed by atoms with Crippen LogP contribution in [-0.2, 0) is 9.22 Å². The van der Waals surface area contributed by atoms with Gasteiger partial charge < -0.3 is 4.43 Å². The van der Waals surface area contributed by atoms with Gasteiger partial charge in [-0.15, -0.1) is 0 Å². The summed E-state index contributed by atoms with van der Waals surface area (Å²) in [7, 11) is -3.49. The number of rotatable bonds is 10. The molecule has 2 nitrogen and oxygen atoms in total. The minimum atomic E-state index is -1.92. The third kappa shape index (κ3) is 6.90. The molecule has 2 saturated carbocycles. The van der Waals surface area contributed by atoms with Crippen molar-refractivity contribution in [1.82, 2.24) is 0 Å². The van der Waals surface area contributed by atoms with Crippen molar-refractivity contribution >= 4 is 22.2 Å². The van der Waals surface area contributed by atoms with Crippen LogP contribution in [-0.4, -0.2) is 28.3 Å². The van der Waals surface area contributed by atoms with Gasteiger partial charge in [-0.05, 0) is 65.4 Å². The van der Waals surface area contributed by atoms with Gasteiger partial charge in [0.2, 0.25) is 0 Å². The van der Waals surface area contributed by atoms with Crippen LogP contribution >= 0.6 is 0 Å². The van der Waals surface area contributed by atoms with Crippen molar-refractivity contribution in [3.8, 4) is 0 Å². The quantitative estimate of drug-likeness (QED) is 0.163. The molecule has 2 fully saturated rings. The molecule has 0 N–H and O–H groups in total. The number of carbonyl (C=O) groups is 1. The van der Waals surface area contributed by atoms with Gasteiger partial charge in [-0.3, -0.25) is 4.79 Å². The fraction of sp³-hybridized carbons (Fsp3) is 0.839. The molecule has 0 aromatic heterocycles. The second-order valence-electron chi connectivity index (χ2n) is 15.1. The minimum absolute atomic E-state index is 0.113. The molecule has 0 radical (unpaired) electrons. The smallest absolute Gasteiger partial charge is 0.192 e. The van der Waals surface area contributed by atoms with E-state index in [4.69, 9.17) is 4.43 Å². The molecule has 0 heterocycles. The van der Waals surface area contributed by atoms with Crippen molar-refractivity contribution in [3.63, 3.8) is 0 Å². The van der Waals surface area contributed by atoms with E-state index in [9.17, 15) is 4.79 Å². The Morgan fingerprint density at radius 3 is 2.20 bits per heavy atom. The van der Waals surface area contributed by atoms with Crippen LogP contribution in [0.25, 0.3) is 0 Å². The summed E-state index contributed by atoms with van der Waals surface area (Å²) in [6, 6.07) is 0. The Morgan fingerprint density at radius 2 is 1.69 bits per heavy atom. The predicted molar refractivity (Wildman–Crippen MR) is 159 cm³/mol. The van der Waals surface area contributed by atoms with Crippen molar-refractivity contribution in [3.05, 3.63) is 24.3 Å². The highest BCUT2D eigenvalue weighted by Crippen LogP contribution is 2.52. The molecule has 0 aromatic rings. The Morgan fingerprint density at radius 1 is 1.09 bits per heavy atom. The zero-order valence-corrected chi connectivity index (χ0v) is 27.4. The molecule has 0 spiro atoms. The van der Waals surface area contributed by atoms with Crippen molar-refractivity contribution in [2.24, 2.45) is 23.7 Å². The highest BCUT2D eigenvalue weighted by molar-refractivity contribution is 6.82. The highest BCUT2D eigenvalue weighted by atomic mass is 28.4. The second-order valence-corrected chi connectivity index (χ2v) is 25.6. The molecular weight excluding hydrogens is 461 g/mol. The van der Waals surface area contributed by atoms with E-state index in [0.717, 1.165) is 24.3 Å². The number of Topliss-reactive ketones (excluding diaryl/α,β-unsaturated/α-hetero) is 1. The first-order valence-electron chi connectivity index (χ1n) is 14.4. The fourth-order valence-corrected chi connectivity index (χ4v) is 9.90. The lowest BCUT2D eigenvalue weighted by atomic mass is 9.90. The van der Waals surface area contributed by atoms with Gasteiger partial charge >= 0.3 is 0 Å². The number of carbonyl (C=O) groups excluding carboxylic acids is 1. The minimum Gasteiger partial charge on any atom is -0.413 e. The number of ketones is 1. The molecule has 0 saturated heterocycles. The van der Waals surface area contributed by atoms with Crippen LogP contribution in [0.4, 0.5) is 0 Å². The number of allylic oxidation sites excluding steroid dienone is 2. The lowest BCUT2D eigenvalue weighted by Crippen LogP contribution is -2.45. The van der Waals surface area contributed by atoms with Crippen molar-refractivity contribution in [1.29, 1.82) is 0 Å². The zero-order chi connectivity index (χ0) is 27.0. The largest absolute Gasteiger partial charge is 0.413 e. The molecule has 2 rings (SSSR count). The van der Waals surface area contributed by atoms with Crippen LogP contribution in [0.5, 0.6) is 0 Å². The lowest BCUT2D eigenvalue weighted by Gasteiger charge is -2.43. The predicted octanol–water partition coefficient (Wildman–Crippen LogP) is 9.81. The van der Waals surface area contributed by atoms with Crippen LogP contribution in [0, 0.1) is 23.7 Å². The van der Waals surface area contributed by atoms with Gasteiger partial charge in [-0.1, -0.05) is 106 Å². The maximum absolute atomic E-state index is 13.0. The molecule has 2 aliphatic rings. The summed E-state index contributed by atoms with van der Waals surface area (Å²) in [4.78, 5) is 13.0.